The monoisotopic (exact) mass is 292 g/mol. The molecule has 2 aromatic heterocycles. The van der Waals surface area contributed by atoms with Crippen molar-refractivity contribution >= 4 is 23.1 Å². The average Bonchev–Trinajstić information content (AvgIpc) is 3.02. The molecule has 108 valence electrons. The van der Waals surface area contributed by atoms with Gasteiger partial charge in [-0.05, 0) is 39.1 Å². The lowest BCUT2D eigenvalue weighted by atomic mass is 10.3. The number of aromatic nitrogens is 2. The normalized spacial score (nSPS) is 12.2. The zero-order chi connectivity index (χ0) is 14.7. The van der Waals surface area contributed by atoms with E-state index in [-0.39, 0.29) is 12.1 Å². The van der Waals surface area contributed by atoms with Gasteiger partial charge in [0.25, 0.3) is 0 Å². The van der Waals surface area contributed by atoms with Crippen LogP contribution in [0.1, 0.15) is 36.2 Å². The summed E-state index contributed by atoms with van der Waals surface area (Å²) in [6, 6.07) is 3.79. The number of nitrogens with zero attached hydrogens (tertiary/aromatic N) is 2. The molecule has 2 rings (SSSR count). The first-order valence-electron chi connectivity index (χ1n) is 6.67. The van der Waals surface area contributed by atoms with Crippen LogP contribution in [0.25, 0.3) is 0 Å². The van der Waals surface area contributed by atoms with Crippen LogP contribution in [-0.2, 0) is 6.54 Å². The Morgan fingerprint density at radius 1 is 1.50 bits per heavy atom. The van der Waals surface area contributed by atoms with Crippen LogP contribution in [0.5, 0.6) is 0 Å². The molecule has 2 N–H and O–H groups in total. The third-order valence-electron chi connectivity index (χ3n) is 3.24. The molecule has 0 saturated carbocycles. The third-order valence-corrected chi connectivity index (χ3v) is 4.29. The van der Waals surface area contributed by atoms with Gasteiger partial charge >= 0.3 is 6.03 Å². The fraction of sp³-hybridized carbons (Fsp3) is 0.429. The van der Waals surface area contributed by atoms with Crippen LogP contribution in [0.3, 0.4) is 0 Å². The van der Waals surface area contributed by atoms with E-state index >= 15 is 0 Å². The predicted octanol–water partition coefficient (Wildman–Crippen LogP) is 3.46. The van der Waals surface area contributed by atoms with E-state index in [4.69, 9.17) is 0 Å². The SMILES string of the molecule is CCn1nc(C)c(NC(=O)NC(C)c2cccs2)c1C. The first-order valence-corrected chi connectivity index (χ1v) is 7.55. The summed E-state index contributed by atoms with van der Waals surface area (Å²) in [7, 11) is 0. The summed E-state index contributed by atoms with van der Waals surface area (Å²) in [5.74, 6) is 0. The van der Waals surface area contributed by atoms with Crippen molar-refractivity contribution in [1.82, 2.24) is 15.1 Å². The second-order valence-corrected chi connectivity index (χ2v) is 5.68. The Balaban J connectivity index is 2.03. The lowest BCUT2D eigenvalue weighted by Crippen LogP contribution is -2.31. The molecule has 0 saturated heterocycles. The van der Waals surface area contributed by atoms with Gasteiger partial charge in [0.2, 0.25) is 0 Å². The van der Waals surface area contributed by atoms with Crippen molar-refractivity contribution in [2.75, 3.05) is 5.32 Å². The molecule has 0 bridgehead atoms. The van der Waals surface area contributed by atoms with Gasteiger partial charge in [-0.3, -0.25) is 4.68 Å². The number of anilines is 1. The Hall–Kier alpha value is -1.82. The van der Waals surface area contributed by atoms with E-state index in [1.165, 1.54) is 0 Å². The Labute approximate surface area is 123 Å². The average molecular weight is 292 g/mol. The van der Waals surface area contributed by atoms with Crippen LogP contribution >= 0.6 is 11.3 Å². The van der Waals surface area contributed by atoms with Crippen molar-refractivity contribution in [2.24, 2.45) is 0 Å². The molecule has 2 heterocycles. The van der Waals surface area contributed by atoms with Crippen molar-refractivity contribution in [1.29, 1.82) is 0 Å². The number of thiophene rings is 1. The second kappa shape index (κ2) is 6.09. The van der Waals surface area contributed by atoms with Crippen molar-refractivity contribution in [3.05, 3.63) is 33.8 Å². The van der Waals surface area contributed by atoms with Crippen molar-refractivity contribution in [2.45, 2.75) is 40.3 Å². The second-order valence-electron chi connectivity index (χ2n) is 4.70. The van der Waals surface area contributed by atoms with E-state index in [1.807, 2.05) is 49.9 Å². The van der Waals surface area contributed by atoms with E-state index in [9.17, 15) is 4.79 Å². The number of hydrogen-bond donors (Lipinski definition) is 2. The van der Waals surface area contributed by atoms with Crippen LogP contribution in [-0.4, -0.2) is 15.8 Å². The minimum Gasteiger partial charge on any atom is -0.331 e. The van der Waals surface area contributed by atoms with E-state index < -0.39 is 0 Å². The minimum absolute atomic E-state index is 0.00293. The molecule has 0 spiro atoms. The summed E-state index contributed by atoms with van der Waals surface area (Å²) < 4.78 is 1.88. The highest BCUT2D eigenvalue weighted by atomic mass is 32.1. The predicted molar refractivity (Wildman–Crippen MR) is 82.3 cm³/mol. The molecular formula is C14H20N4OS. The molecule has 2 aromatic rings. The Bertz CT molecular complexity index is 589. The van der Waals surface area contributed by atoms with Crippen LogP contribution in [0.2, 0.25) is 0 Å². The van der Waals surface area contributed by atoms with Gasteiger partial charge < -0.3 is 10.6 Å². The number of aryl methyl sites for hydroxylation is 2. The molecule has 1 atom stereocenters. The number of carbonyl (C=O) groups is 1. The number of hydrogen-bond acceptors (Lipinski definition) is 3. The standard InChI is InChI=1S/C14H20N4OS/c1-5-18-11(4)13(10(3)17-18)16-14(19)15-9(2)12-7-6-8-20-12/h6-9H,5H2,1-4H3,(H2,15,16,19). The lowest BCUT2D eigenvalue weighted by molar-refractivity contribution is 0.249. The molecule has 0 aliphatic rings. The quantitative estimate of drug-likeness (QED) is 0.906. The molecule has 0 aliphatic heterocycles. The van der Waals surface area contributed by atoms with Gasteiger partial charge in [0.1, 0.15) is 0 Å². The number of carbonyl (C=O) groups excluding carboxylic acids is 1. The number of nitrogens with one attached hydrogen (secondary N) is 2. The Kier molecular flexibility index (Phi) is 4.44. The van der Waals surface area contributed by atoms with Crippen LogP contribution < -0.4 is 10.6 Å². The number of rotatable bonds is 4. The molecule has 20 heavy (non-hydrogen) atoms. The van der Waals surface area contributed by atoms with Crippen molar-refractivity contribution in [3.63, 3.8) is 0 Å². The molecular weight excluding hydrogens is 272 g/mol. The zero-order valence-electron chi connectivity index (χ0n) is 12.2. The largest absolute Gasteiger partial charge is 0.331 e. The summed E-state index contributed by atoms with van der Waals surface area (Å²) in [5.41, 5.74) is 2.61. The lowest BCUT2D eigenvalue weighted by Gasteiger charge is -2.13. The smallest absolute Gasteiger partial charge is 0.319 e. The summed E-state index contributed by atoms with van der Waals surface area (Å²) in [6.07, 6.45) is 0. The molecule has 2 amide bonds. The highest BCUT2D eigenvalue weighted by molar-refractivity contribution is 7.10. The topological polar surface area (TPSA) is 59.0 Å². The molecule has 0 aliphatic carbocycles. The maximum Gasteiger partial charge on any atom is 0.319 e. The first kappa shape index (κ1) is 14.6. The van der Waals surface area contributed by atoms with Gasteiger partial charge in [-0.25, -0.2) is 4.79 Å². The van der Waals surface area contributed by atoms with Gasteiger partial charge in [0, 0.05) is 11.4 Å². The van der Waals surface area contributed by atoms with Gasteiger partial charge in [-0.2, -0.15) is 5.10 Å². The van der Waals surface area contributed by atoms with E-state index in [0.29, 0.717) is 0 Å². The third kappa shape index (κ3) is 3.01. The molecule has 0 fully saturated rings. The number of urea groups is 1. The maximum atomic E-state index is 12.1. The maximum absolute atomic E-state index is 12.1. The van der Waals surface area contributed by atoms with Crippen molar-refractivity contribution in [3.8, 4) is 0 Å². The summed E-state index contributed by atoms with van der Waals surface area (Å²) in [4.78, 5) is 13.2. The van der Waals surface area contributed by atoms with Gasteiger partial charge in [-0.15, -0.1) is 11.3 Å². The molecule has 1 unspecified atom stereocenters. The fourth-order valence-corrected chi connectivity index (χ4v) is 2.88. The fourth-order valence-electron chi connectivity index (χ4n) is 2.14. The van der Waals surface area contributed by atoms with Crippen LogP contribution in [0.15, 0.2) is 17.5 Å². The Morgan fingerprint density at radius 2 is 2.25 bits per heavy atom. The Morgan fingerprint density at radius 3 is 2.80 bits per heavy atom. The number of amides is 2. The highest BCUT2D eigenvalue weighted by Crippen LogP contribution is 2.21. The van der Waals surface area contributed by atoms with Gasteiger partial charge in [0.05, 0.1) is 23.1 Å². The van der Waals surface area contributed by atoms with E-state index in [2.05, 4.69) is 15.7 Å². The van der Waals surface area contributed by atoms with Crippen molar-refractivity contribution < 1.29 is 4.79 Å². The summed E-state index contributed by atoms with van der Waals surface area (Å²) in [6.45, 7) is 8.66. The minimum atomic E-state index is -0.201. The van der Waals surface area contributed by atoms with Gasteiger partial charge in [0.15, 0.2) is 0 Å². The van der Waals surface area contributed by atoms with E-state index in [1.54, 1.807) is 11.3 Å². The molecule has 0 radical (unpaired) electrons. The van der Waals surface area contributed by atoms with Crippen LogP contribution in [0.4, 0.5) is 10.5 Å². The molecule has 5 nitrogen and oxygen atoms in total. The molecule has 6 heteroatoms. The zero-order valence-corrected chi connectivity index (χ0v) is 13.0. The highest BCUT2D eigenvalue weighted by Gasteiger charge is 2.15. The summed E-state index contributed by atoms with van der Waals surface area (Å²) in [5, 5.41) is 12.2. The van der Waals surface area contributed by atoms with Crippen LogP contribution in [0, 0.1) is 13.8 Å². The summed E-state index contributed by atoms with van der Waals surface area (Å²) >= 11 is 1.63. The molecule has 0 aromatic carbocycles. The van der Waals surface area contributed by atoms with Gasteiger partial charge in [-0.1, -0.05) is 6.07 Å². The van der Waals surface area contributed by atoms with E-state index in [0.717, 1.165) is 28.5 Å². The first-order chi connectivity index (χ1) is 9.52.